The van der Waals surface area contributed by atoms with Gasteiger partial charge in [-0.15, -0.1) is 0 Å². The number of sulfonamides is 1. The van der Waals surface area contributed by atoms with Crippen LogP contribution >= 0.6 is 0 Å². The van der Waals surface area contributed by atoms with E-state index in [2.05, 4.69) is 15.0 Å². The molecule has 34 heavy (non-hydrogen) atoms. The summed E-state index contributed by atoms with van der Waals surface area (Å²) < 4.78 is 28.6. The van der Waals surface area contributed by atoms with Gasteiger partial charge in [0.2, 0.25) is 10.0 Å². The quantitative estimate of drug-likeness (QED) is 0.445. The molecule has 3 rings (SSSR count). The van der Waals surface area contributed by atoms with Gasteiger partial charge in [-0.3, -0.25) is 14.6 Å². The molecule has 0 saturated carbocycles. The van der Waals surface area contributed by atoms with E-state index in [1.165, 1.54) is 18.5 Å². The van der Waals surface area contributed by atoms with Gasteiger partial charge < -0.3 is 10.4 Å². The summed E-state index contributed by atoms with van der Waals surface area (Å²) in [5.74, 6) is -1.27. The first-order valence-corrected chi connectivity index (χ1v) is 12.1. The number of nitrogens with zero attached hydrogens (tertiary/aromatic N) is 1. The van der Waals surface area contributed by atoms with Crippen molar-refractivity contribution in [2.75, 3.05) is 5.32 Å². The van der Waals surface area contributed by atoms with E-state index in [0.717, 1.165) is 5.56 Å². The number of carbonyl (C=O) groups is 2. The molecule has 0 radical (unpaired) electrons. The molecule has 1 heterocycles. The minimum absolute atomic E-state index is 0.0344. The van der Waals surface area contributed by atoms with Crippen LogP contribution < -0.4 is 10.0 Å². The summed E-state index contributed by atoms with van der Waals surface area (Å²) in [6.45, 7) is 5.29. The molecule has 0 aliphatic rings. The van der Waals surface area contributed by atoms with Crippen LogP contribution in [-0.4, -0.2) is 35.9 Å². The number of benzene rings is 2. The van der Waals surface area contributed by atoms with Crippen molar-refractivity contribution in [2.45, 2.75) is 44.0 Å². The highest BCUT2D eigenvalue weighted by Gasteiger charge is 2.25. The molecule has 178 valence electrons. The van der Waals surface area contributed by atoms with Crippen molar-refractivity contribution >= 4 is 27.6 Å². The van der Waals surface area contributed by atoms with Gasteiger partial charge in [-0.25, -0.2) is 13.1 Å². The second-order valence-electron chi connectivity index (χ2n) is 8.86. The summed E-state index contributed by atoms with van der Waals surface area (Å²) in [7, 11) is -3.81. The van der Waals surface area contributed by atoms with Gasteiger partial charge in [0.1, 0.15) is 0 Å². The van der Waals surface area contributed by atoms with Crippen LogP contribution in [0.4, 0.5) is 5.69 Å². The summed E-state index contributed by atoms with van der Waals surface area (Å²) >= 11 is 0. The van der Waals surface area contributed by atoms with Crippen molar-refractivity contribution in [3.8, 4) is 11.1 Å². The average molecular weight is 482 g/mol. The number of pyridine rings is 1. The summed E-state index contributed by atoms with van der Waals surface area (Å²) in [6.07, 6.45) is 3.36. The minimum atomic E-state index is -3.81. The average Bonchev–Trinajstić information content (AvgIpc) is 2.77. The van der Waals surface area contributed by atoms with Crippen molar-refractivity contribution in [3.63, 3.8) is 0 Å². The predicted octanol–water partition coefficient (Wildman–Crippen LogP) is 4.09. The molecule has 3 aromatic rings. The molecule has 8 nitrogen and oxygen atoms in total. The van der Waals surface area contributed by atoms with E-state index in [0.29, 0.717) is 23.2 Å². The first kappa shape index (κ1) is 25.1. The largest absolute Gasteiger partial charge is 0.481 e. The lowest BCUT2D eigenvalue weighted by Gasteiger charge is -2.21. The number of amides is 1. The van der Waals surface area contributed by atoms with Crippen LogP contribution in [0.1, 0.15) is 43.1 Å². The molecule has 0 aliphatic carbocycles. The highest BCUT2D eigenvalue weighted by Crippen LogP contribution is 2.28. The highest BCUT2D eigenvalue weighted by molar-refractivity contribution is 7.89. The van der Waals surface area contributed by atoms with E-state index in [1.807, 2.05) is 0 Å². The smallest absolute Gasteiger partial charge is 0.303 e. The molecule has 0 unspecified atom stereocenters. The number of hydrogen-bond donors (Lipinski definition) is 3. The van der Waals surface area contributed by atoms with Gasteiger partial charge in [-0.2, -0.15) is 0 Å². The SMILES string of the molecule is CC(C)(C)NS(=O)(=O)c1ccccc1-c1cncc(C(=O)Nc2ccc(CCC(=O)O)cc2)c1. The Morgan fingerprint density at radius 3 is 2.32 bits per heavy atom. The number of aliphatic carboxylic acids is 1. The third-order valence-corrected chi connectivity index (χ3v) is 6.58. The Labute approximate surface area is 199 Å². The Balaban J connectivity index is 1.83. The number of rotatable bonds is 8. The zero-order valence-corrected chi connectivity index (χ0v) is 20.0. The molecule has 0 spiro atoms. The van der Waals surface area contributed by atoms with Gasteiger partial charge in [0.25, 0.3) is 5.91 Å². The van der Waals surface area contributed by atoms with Gasteiger partial charge in [-0.05, 0) is 57.0 Å². The monoisotopic (exact) mass is 481 g/mol. The van der Waals surface area contributed by atoms with Gasteiger partial charge in [-0.1, -0.05) is 30.3 Å². The van der Waals surface area contributed by atoms with Gasteiger partial charge >= 0.3 is 5.97 Å². The maximum Gasteiger partial charge on any atom is 0.303 e. The highest BCUT2D eigenvalue weighted by atomic mass is 32.2. The molecule has 0 atom stereocenters. The normalized spacial score (nSPS) is 11.7. The fourth-order valence-electron chi connectivity index (χ4n) is 3.32. The summed E-state index contributed by atoms with van der Waals surface area (Å²) in [5.41, 5.74) is 1.94. The predicted molar refractivity (Wildman–Crippen MR) is 130 cm³/mol. The Bertz CT molecular complexity index is 1300. The van der Waals surface area contributed by atoms with Crippen molar-refractivity contribution in [1.82, 2.24) is 9.71 Å². The second kappa shape index (κ2) is 10.1. The third kappa shape index (κ3) is 6.72. The summed E-state index contributed by atoms with van der Waals surface area (Å²) in [4.78, 5) is 27.8. The van der Waals surface area contributed by atoms with E-state index in [4.69, 9.17) is 5.11 Å². The van der Waals surface area contributed by atoms with Crippen LogP contribution in [0, 0.1) is 0 Å². The van der Waals surface area contributed by atoms with Crippen LogP contribution in [0.5, 0.6) is 0 Å². The van der Waals surface area contributed by atoms with Crippen LogP contribution in [-0.2, 0) is 21.2 Å². The Hall–Kier alpha value is -3.56. The lowest BCUT2D eigenvalue weighted by Crippen LogP contribution is -2.40. The second-order valence-corrected chi connectivity index (χ2v) is 10.5. The fourth-order valence-corrected chi connectivity index (χ4v) is 4.97. The fraction of sp³-hybridized carbons (Fsp3) is 0.240. The Kier molecular flexibility index (Phi) is 7.48. The van der Waals surface area contributed by atoms with Crippen molar-refractivity contribution in [3.05, 3.63) is 78.1 Å². The van der Waals surface area contributed by atoms with Crippen molar-refractivity contribution in [2.24, 2.45) is 0 Å². The molecular formula is C25H27N3O5S. The molecular weight excluding hydrogens is 454 g/mol. The molecule has 2 aromatic carbocycles. The van der Waals surface area contributed by atoms with Gasteiger partial charge in [0, 0.05) is 41.2 Å². The van der Waals surface area contributed by atoms with Gasteiger partial charge in [0.15, 0.2) is 0 Å². The molecule has 0 fully saturated rings. The maximum absolute atomic E-state index is 13.0. The number of aromatic nitrogens is 1. The number of hydrogen-bond acceptors (Lipinski definition) is 5. The van der Waals surface area contributed by atoms with Crippen LogP contribution in [0.15, 0.2) is 71.9 Å². The van der Waals surface area contributed by atoms with Crippen molar-refractivity contribution in [1.29, 1.82) is 0 Å². The van der Waals surface area contributed by atoms with E-state index in [-0.39, 0.29) is 16.9 Å². The number of aryl methyl sites for hydroxylation is 1. The Morgan fingerprint density at radius 2 is 1.68 bits per heavy atom. The third-order valence-electron chi connectivity index (χ3n) is 4.77. The topological polar surface area (TPSA) is 125 Å². The van der Waals surface area contributed by atoms with Crippen LogP contribution in [0.3, 0.4) is 0 Å². The van der Waals surface area contributed by atoms with E-state index in [1.54, 1.807) is 69.3 Å². The van der Waals surface area contributed by atoms with Crippen molar-refractivity contribution < 1.29 is 23.1 Å². The number of carboxylic acid groups (broad SMARTS) is 1. The first-order chi connectivity index (χ1) is 15.9. The molecule has 0 saturated heterocycles. The molecule has 0 bridgehead atoms. The number of carboxylic acids is 1. The van der Waals surface area contributed by atoms with E-state index in [9.17, 15) is 18.0 Å². The maximum atomic E-state index is 13.0. The standard InChI is InChI=1S/C25H27N3O5S/c1-25(2,3)28-34(32,33)22-7-5-4-6-21(22)18-14-19(16-26-15-18)24(31)27-20-11-8-17(9-12-20)10-13-23(29)30/h4-9,11-12,14-16,28H,10,13H2,1-3H3,(H,27,31)(H,29,30). The summed E-state index contributed by atoms with van der Waals surface area (Å²) in [6, 6.07) is 15.1. The lowest BCUT2D eigenvalue weighted by atomic mass is 10.1. The summed E-state index contributed by atoms with van der Waals surface area (Å²) in [5, 5.41) is 11.6. The van der Waals surface area contributed by atoms with Crippen LogP contribution in [0.2, 0.25) is 0 Å². The molecule has 0 aliphatic heterocycles. The number of carbonyl (C=O) groups excluding carboxylic acids is 1. The van der Waals surface area contributed by atoms with Crippen LogP contribution in [0.25, 0.3) is 11.1 Å². The number of nitrogens with one attached hydrogen (secondary N) is 2. The molecule has 1 aromatic heterocycles. The molecule has 1 amide bonds. The van der Waals surface area contributed by atoms with E-state index >= 15 is 0 Å². The number of anilines is 1. The molecule has 3 N–H and O–H groups in total. The molecule has 9 heteroatoms. The Morgan fingerprint density at radius 1 is 1.00 bits per heavy atom. The lowest BCUT2D eigenvalue weighted by molar-refractivity contribution is -0.136. The zero-order valence-electron chi connectivity index (χ0n) is 19.2. The van der Waals surface area contributed by atoms with E-state index < -0.39 is 27.4 Å². The zero-order chi connectivity index (χ0) is 24.9. The van der Waals surface area contributed by atoms with Gasteiger partial charge in [0.05, 0.1) is 10.5 Å². The minimum Gasteiger partial charge on any atom is -0.481 e. The first-order valence-electron chi connectivity index (χ1n) is 10.7.